The summed E-state index contributed by atoms with van der Waals surface area (Å²) in [7, 11) is 0. The van der Waals surface area contributed by atoms with Crippen LogP contribution in [0.15, 0.2) is 11.6 Å². The highest BCUT2D eigenvalue weighted by molar-refractivity contribution is 6.18. The molecule has 0 aliphatic carbocycles. The maximum atomic E-state index is 11.0. The third kappa shape index (κ3) is 2.24. The first-order valence-corrected chi connectivity index (χ1v) is 4.64. The first-order chi connectivity index (χ1) is 5.63. The van der Waals surface area contributed by atoms with Gasteiger partial charge in [0.15, 0.2) is 0 Å². The van der Waals surface area contributed by atoms with Crippen molar-refractivity contribution in [3.8, 4) is 0 Å². The van der Waals surface area contributed by atoms with Crippen LogP contribution >= 0.6 is 11.6 Å². The van der Waals surface area contributed by atoms with Gasteiger partial charge in [-0.25, -0.2) is 4.79 Å². The van der Waals surface area contributed by atoms with Gasteiger partial charge in [-0.15, -0.1) is 11.6 Å². The number of halogens is 1. The van der Waals surface area contributed by atoms with Gasteiger partial charge < -0.3 is 4.74 Å². The Bertz CT molecular complexity index is 209. The van der Waals surface area contributed by atoms with E-state index in [0.29, 0.717) is 11.8 Å². The van der Waals surface area contributed by atoms with E-state index in [1.54, 1.807) is 6.08 Å². The molecule has 0 fully saturated rings. The summed E-state index contributed by atoms with van der Waals surface area (Å²) in [6, 6.07) is 0. The van der Waals surface area contributed by atoms with Crippen LogP contribution in [0.3, 0.4) is 0 Å². The fourth-order valence-corrected chi connectivity index (χ4v) is 1.37. The number of rotatable bonds is 2. The summed E-state index contributed by atoms with van der Waals surface area (Å²) in [6.45, 7) is 4.13. The molecule has 0 radical (unpaired) electrons. The Morgan fingerprint density at radius 1 is 1.75 bits per heavy atom. The lowest BCUT2D eigenvalue weighted by molar-refractivity contribution is -0.143. The van der Waals surface area contributed by atoms with Gasteiger partial charge in [-0.05, 0) is 5.92 Å². The molecule has 2 nitrogen and oxygen atoms in total. The monoisotopic (exact) mass is 188 g/mol. The molecule has 0 aromatic carbocycles. The molecule has 1 atom stereocenters. The van der Waals surface area contributed by atoms with E-state index in [0.717, 1.165) is 12.0 Å². The molecule has 0 spiro atoms. The van der Waals surface area contributed by atoms with Crippen molar-refractivity contribution in [3.63, 3.8) is 0 Å². The second-order valence-electron chi connectivity index (χ2n) is 3.29. The number of hydrogen-bond acceptors (Lipinski definition) is 2. The number of carbonyl (C=O) groups excluding carboxylic acids is 1. The molecule has 0 saturated carbocycles. The predicted octanol–water partition coefficient (Wildman–Crippen LogP) is 2.12. The van der Waals surface area contributed by atoms with Crippen LogP contribution in [0.1, 0.15) is 20.3 Å². The highest BCUT2D eigenvalue weighted by Crippen LogP contribution is 2.22. The van der Waals surface area contributed by atoms with E-state index in [1.165, 1.54) is 0 Å². The van der Waals surface area contributed by atoms with Gasteiger partial charge in [-0.2, -0.15) is 0 Å². The van der Waals surface area contributed by atoms with Crippen molar-refractivity contribution in [3.05, 3.63) is 11.6 Å². The van der Waals surface area contributed by atoms with Gasteiger partial charge in [0.2, 0.25) is 0 Å². The maximum Gasteiger partial charge on any atom is 0.331 e. The number of esters is 1. The zero-order valence-electron chi connectivity index (χ0n) is 7.34. The van der Waals surface area contributed by atoms with Gasteiger partial charge >= 0.3 is 5.97 Å². The number of alkyl halides is 1. The minimum Gasteiger partial charge on any atom is -0.458 e. The van der Waals surface area contributed by atoms with Crippen LogP contribution in [0, 0.1) is 5.92 Å². The quantitative estimate of drug-likeness (QED) is 0.490. The molecule has 0 N–H and O–H groups in total. The predicted molar refractivity (Wildman–Crippen MR) is 48.1 cm³/mol. The van der Waals surface area contributed by atoms with Crippen LogP contribution in [0.5, 0.6) is 0 Å². The highest BCUT2D eigenvalue weighted by atomic mass is 35.5. The molecule has 12 heavy (non-hydrogen) atoms. The molecule has 1 rings (SSSR count). The number of cyclic esters (lactones) is 1. The van der Waals surface area contributed by atoms with Crippen LogP contribution in [-0.2, 0) is 9.53 Å². The Morgan fingerprint density at radius 2 is 2.42 bits per heavy atom. The molecular formula is C9H13ClO2. The highest BCUT2D eigenvalue weighted by Gasteiger charge is 2.21. The van der Waals surface area contributed by atoms with Crippen molar-refractivity contribution in [1.29, 1.82) is 0 Å². The summed E-state index contributed by atoms with van der Waals surface area (Å²) < 4.78 is 4.97. The zero-order valence-corrected chi connectivity index (χ0v) is 8.10. The van der Waals surface area contributed by atoms with Crippen molar-refractivity contribution in [2.24, 2.45) is 5.92 Å². The second-order valence-corrected chi connectivity index (χ2v) is 3.60. The topological polar surface area (TPSA) is 26.3 Å². The maximum absolute atomic E-state index is 11.0. The summed E-state index contributed by atoms with van der Waals surface area (Å²) in [4.78, 5) is 11.0. The summed E-state index contributed by atoms with van der Waals surface area (Å²) in [5.74, 6) is 0.537. The lowest BCUT2D eigenvalue weighted by Gasteiger charge is -2.23. The molecule has 0 unspecified atom stereocenters. The SMILES string of the molecule is CC(C)C1=CC(=O)O[C@@H](CCl)C1. The molecule has 3 heteroatoms. The molecule has 0 aromatic heterocycles. The van der Waals surface area contributed by atoms with Crippen LogP contribution in [0.4, 0.5) is 0 Å². The third-order valence-electron chi connectivity index (χ3n) is 1.96. The van der Waals surface area contributed by atoms with E-state index in [9.17, 15) is 4.79 Å². The minimum absolute atomic E-state index is 0.124. The molecule has 0 saturated heterocycles. The molecule has 0 amide bonds. The van der Waals surface area contributed by atoms with E-state index in [4.69, 9.17) is 16.3 Å². The lowest BCUT2D eigenvalue weighted by atomic mass is 9.96. The summed E-state index contributed by atoms with van der Waals surface area (Å²) in [6.07, 6.45) is 2.24. The summed E-state index contributed by atoms with van der Waals surface area (Å²) >= 11 is 5.61. The molecule has 68 valence electrons. The Morgan fingerprint density at radius 3 is 2.92 bits per heavy atom. The number of hydrogen-bond donors (Lipinski definition) is 0. The van der Waals surface area contributed by atoms with E-state index in [-0.39, 0.29) is 12.1 Å². The fourth-order valence-electron chi connectivity index (χ4n) is 1.20. The molecule has 0 aromatic rings. The average molecular weight is 189 g/mol. The zero-order chi connectivity index (χ0) is 9.14. The lowest BCUT2D eigenvalue weighted by Crippen LogP contribution is -2.25. The average Bonchev–Trinajstić information content (AvgIpc) is 2.03. The van der Waals surface area contributed by atoms with Crippen molar-refractivity contribution >= 4 is 17.6 Å². The molecule has 0 bridgehead atoms. The Hall–Kier alpha value is -0.500. The standard InChI is InChI=1S/C9H13ClO2/c1-6(2)7-3-8(5-10)12-9(11)4-7/h4,6,8H,3,5H2,1-2H3/t8-/m1/s1. The third-order valence-corrected chi connectivity index (χ3v) is 2.31. The Balaban J connectivity index is 2.69. The van der Waals surface area contributed by atoms with Crippen molar-refractivity contribution in [2.45, 2.75) is 26.4 Å². The first kappa shape index (κ1) is 9.59. The van der Waals surface area contributed by atoms with Gasteiger partial charge in [0.1, 0.15) is 6.10 Å². The van der Waals surface area contributed by atoms with Gasteiger partial charge in [-0.1, -0.05) is 19.4 Å². The second kappa shape index (κ2) is 3.94. The Labute approximate surface area is 77.5 Å². The van der Waals surface area contributed by atoms with Crippen molar-refractivity contribution in [2.75, 3.05) is 5.88 Å². The van der Waals surface area contributed by atoms with Gasteiger partial charge in [0.25, 0.3) is 0 Å². The van der Waals surface area contributed by atoms with E-state index < -0.39 is 0 Å². The largest absolute Gasteiger partial charge is 0.458 e. The molecule has 1 aliphatic rings. The van der Waals surface area contributed by atoms with Gasteiger partial charge in [0.05, 0.1) is 5.88 Å². The Kier molecular flexibility index (Phi) is 3.15. The van der Waals surface area contributed by atoms with Crippen LogP contribution < -0.4 is 0 Å². The van der Waals surface area contributed by atoms with Gasteiger partial charge in [0, 0.05) is 12.5 Å². The normalized spacial score (nSPS) is 23.8. The first-order valence-electron chi connectivity index (χ1n) is 4.10. The summed E-state index contributed by atoms with van der Waals surface area (Å²) in [5.41, 5.74) is 1.14. The fraction of sp³-hybridized carbons (Fsp3) is 0.667. The summed E-state index contributed by atoms with van der Waals surface area (Å²) in [5, 5.41) is 0. The van der Waals surface area contributed by atoms with Crippen LogP contribution in [0.25, 0.3) is 0 Å². The van der Waals surface area contributed by atoms with Gasteiger partial charge in [-0.3, -0.25) is 0 Å². The van der Waals surface area contributed by atoms with Crippen LogP contribution in [0.2, 0.25) is 0 Å². The molecule has 1 aliphatic heterocycles. The van der Waals surface area contributed by atoms with E-state index in [2.05, 4.69) is 13.8 Å². The number of ether oxygens (including phenoxy) is 1. The van der Waals surface area contributed by atoms with E-state index in [1.807, 2.05) is 0 Å². The van der Waals surface area contributed by atoms with E-state index >= 15 is 0 Å². The van der Waals surface area contributed by atoms with Crippen molar-refractivity contribution < 1.29 is 9.53 Å². The number of carbonyl (C=O) groups is 1. The van der Waals surface area contributed by atoms with Crippen LogP contribution in [-0.4, -0.2) is 18.0 Å². The molecule has 1 heterocycles. The molecular weight excluding hydrogens is 176 g/mol. The van der Waals surface area contributed by atoms with Crippen molar-refractivity contribution in [1.82, 2.24) is 0 Å². The minimum atomic E-state index is -0.254. The smallest absolute Gasteiger partial charge is 0.331 e.